The van der Waals surface area contributed by atoms with Crippen LogP contribution in [0.4, 0.5) is 0 Å². The molecule has 0 saturated carbocycles. The highest BCUT2D eigenvalue weighted by Crippen LogP contribution is 2.07. The maximum Gasteiger partial charge on any atom is 0.0958 e. The quantitative estimate of drug-likeness (QED) is 0.748. The molecular formula is C10H14N2O2. The number of β-amino-alcohol motifs (C(OH)–C–C–N with tert-alkyl or cyclic N) is 1. The average Bonchev–Trinajstić information content (AvgIpc) is 2.63. The van der Waals surface area contributed by atoms with Crippen LogP contribution < -0.4 is 0 Å². The van der Waals surface area contributed by atoms with Crippen molar-refractivity contribution in [1.82, 2.24) is 10.0 Å². The van der Waals surface area contributed by atoms with Crippen molar-refractivity contribution in [2.75, 3.05) is 19.7 Å². The van der Waals surface area contributed by atoms with Gasteiger partial charge in [-0.05, 0) is 18.1 Å². The van der Waals surface area contributed by atoms with Gasteiger partial charge >= 0.3 is 0 Å². The zero-order valence-corrected chi connectivity index (χ0v) is 7.97. The molecule has 76 valence electrons. The van der Waals surface area contributed by atoms with Crippen molar-refractivity contribution in [3.8, 4) is 0 Å². The summed E-state index contributed by atoms with van der Waals surface area (Å²) in [5.41, 5.74) is 1.19. The molecule has 0 unspecified atom stereocenters. The first-order chi connectivity index (χ1) is 6.84. The summed E-state index contributed by atoms with van der Waals surface area (Å²) in [6.45, 7) is 1.84. The minimum Gasteiger partial charge on any atom is -0.389 e. The second kappa shape index (κ2) is 4.50. The summed E-state index contributed by atoms with van der Waals surface area (Å²) >= 11 is 0. The van der Waals surface area contributed by atoms with Gasteiger partial charge in [0, 0.05) is 18.9 Å². The SMILES string of the molecule is O[C@@H]1CON(CCc2cccnc2)C1. The molecule has 4 heteroatoms. The van der Waals surface area contributed by atoms with E-state index in [2.05, 4.69) is 4.98 Å². The Bertz CT molecular complexity index is 279. The minimum atomic E-state index is -0.330. The molecule has 1 aliphatic heterocycles. The number of aromatic nitrogens is 1. The topological polar surface area (TPSA) is 45.6 Å². The van der Waals surface area contributed by atoms with Crippen LogP contribution in [-0.2, 0) is 11.3 Å². The van der Waals surface area contributed by atoms with E-state index >= 15 is 0 Å². The molecule has 1 saturated heterocycles. The lowest BCUT2D eigenvalue weighted by Gasteiger charge is -2.12. The van der Waals surface area contributed by atoms with E-state index in [0.29, 0.717) is 13.2 Å². The molecule has 0 radical (unpaired) electrons. The summed E-state index contributed by atoms with van der Waals surface area (Å²) in [7, 11) is 0. The van der Waals surface area contributed by atoms with E-state index in [1.165, 1.54) is 5.56 Å². The van der Waals surface area contributed by atoms with Crippen LogP contribution in [0.5, 0.6) is 0 Å². The number of aliphatic hydroxyl groups is 1. The maximum atomic E-state index is 9.22. The van der Waals surface area contributed by atoms with Gasteiger partial charge in [-0.15, -0.1) is 0 Å². The molecule has 1 aromatic heterocycles. The van der Waals surface area contributed by atoms with Gasteiger partial charge in [0.15, 0.2) is 0 Å². The number of hydrogen-bond acceptors (Lipinski definition) is 4. The van der Waals surface area contributed by atoms with E-state index in [9.17, 15) is 5.11 Å². The fourth-order valence-electron chi connectivity index (χ4n) is 1.49. The van der Waals surface area contributed by atoms with Gasteiger partial charge in [-0.2, -0.15) is 5.06 Å². The first-order valence-corrected chi connectivity index (χ1v) is 4.79. The Morgan fingerprint density at radius 2 is 2.57 bits per heavy atom. The Balaban J connectivity index is 1.78. The highest BCUT2D eigenvalue weighted by atomic mass is 16.7. The molecule has 14 heavy (non-hydrogen) atoms. The molecule has 2 rings (SSSR count). The monoisotopic (exact) mass is 194 g/mol. The molecule has 1 aromatic rings. The molecule has 2 heterocycles. The summed E-state index contributed by atoms with van der Waals surface area (Å²) < 4.78 is 0. The van der Waals surface area contributed by atoms with Crippen molar-refractivity contribution < 1.29 is 9.94 Å². The van der Waals surface area contributed by atoms with Crippen LogP contribution in [0.3, 0.4) is 0 Å². The van der Waals surface area contributed by atoms with Gasteiger partial charge in [-0.1, -0.05) is 6.07 Å². The van der Waals surface area contributed by atoms with Crippen molar-refractivity contribution in [1.29, 1.82) is 0 Å². The van der Waals surface area contributed by atoms with Gasteiger partial charge < -0.3 is 5.11 Å². The molecule has 0 aliphatic carbocycles. The Kier molecular flexibility index (Phi) is 3.08. The third kappa shape index (κ3) is 2.51. The molecular weight excluding hydrogens is 180 g/mol. The average molecular weight is 194 g/mol. The molecule has 1 N–H and O–H groups in total. The minimum absolute atomic E-state index is 0.330. The van der Waals surface area contributed by atoms with E-state index in [0.717, 1.165) is 13.0 Å². The summed E-state index contributed by atoms with van der Waals surface area (Å²) in [5.74, 6) is 0. The molecule has 0 amide bonds. The van der Waals surface area contributed by atoms with Crippen molar-refractivity contribution in [3.63, 3.8) is 0 Å². The van der Waals surface area contributed by atoms with Crippen LogP contribution in [0.2, 0.25) is 0 Å². The van der Waals surface area contributed by atoms with Crippen LogP contribution in [0.15, 0.2) is 24.5 Å². The van der Waals surface area contributed by atoms with Crippen LogP contribution in [-0.4, -0.2) is 41.0 Å². The normalized spacial score (nSPS) is 22.8. The van der Waals surface area contributed by atoms with Gasteiger partial charge in [0.2, 0.25) is 0 Å². The van der Waals surface area contributed by atoms with Crippen LogP contribution in [0, 0.1) is 0 Å². The van der Waals surface area contributed by atoms with E-state index in [4.69, 9.17) is 4.84 Å². The van der Waals surface area contributed by atoms with Crippen molar-refractivity contribution in [2.24, 2.45) is 0 Å². The fraction of sp³-hybridized carbons (Fsp3) is 0.500. The smallest absolute Gasteiger partial charge is 0.0958 e. The molecule has 1 fully saturated rings. The largest absolute Gasteiger partial charge is 0.389 e. The highest BCUT2D eigenvalue weighted by Gasteiger charge is 2.20. The second-order valence-corrected chi connectivity index (χ2v) is 3.45. The number of rotatable bonds is 3. The van der Waals surface area contributed by atoms with Crippen molar-refractivity contribution >= 4 is 0 Å². The van der Waals surface area contributed by atoms with Gasteiger partial charge in [-0.3, -0.25) is 9.82 Å². The van der Waals surface area contributed by atoms with E-state index < -0.39 is 0 Å². The first-order valence-electron chi connectivity index (χ1n) is 4.79. The zero-order chi connectivity index (χ0) is 9.80. The molecule has 0 bridgehead atoms. The standard InChI is InChI=1S/C10H14N2O2/c13-10-7-12(14-8-10)5-3-9-2-1-4-11-6-9/h1-2,4,6,10,13H,3,5,7-8H2/t10-/m0/s1. The Morgan fingerprint density at radius 3 is 3.21 bits per heavy atom. The van der Waals surface area contributed by atoms with Crippen LogP contribution in [0.25, 0.3) is 0 Å². The number of aliphatic hydroxyl groups excluding tert-OH is 1. The molecule has 1 aliphatic rings. The third-order valence-electron chi connectivity index (χ3n) is 2.24. The van der Waals surface area contributed by atoms with E-state index in [1.807, 2.05) is 18.3 Å². The number of hydrogen-bond donors (Lipinski definition) is 1. The fourth-order valence-corrected chi connectivity index (χ4v) is 1.49. The van der Waals surface area contributed by atoms with E-state index in [1.54, 1.807) is 11.3 Å². The van der Waals surface area contributed by atoms with Gasteiger partial charge in [0.25, 0.3) is 0 Å². The van der Waals surface area contributed by atoms with E-state index in [-0.39, 0.29) is 6.10 Å². The summed E-state index contributed by atoms with van der Waals surface area (Å²) in [5, 5.41) is 11.0. The molecule has 0 aromatic carbocycles. The lowest BCUT2D eigenvalue weighted by atomic mass is 10.2. The first kappa shape index (κ1) is 9.58. The lowest BCUT2D eigenvalue weighted by molar-refractivity contribution is -0.109. The van der Waals surface area contributed by atoms with Gasteiger partial charge in [0.05, 0.1) is 19.3 Å². The summed E-state index contributed by atoms with van der Waals surface area (Å²) in [4.78, 5) is 9.29. The van der Waals surface area contributed by atoms with Gasteiger partial charge in [0.1, 0.15) is 0 Å². The van der Waals surface area contributed by atoms with Crippen molar-refractivity contribution in [3.05, 3.63) is 30.1 Å². The number of nitrogens with zero attached hydrogens (tertiary/aromatic N) is 2. The molecule has 1 atom stereocenters. The molecule has 4 nitrogen and oxygen atoms in total. The number of hydroxylamine groups is 2. The highest BCUT2D eigenvalue weighted by molar-refractivity contribution is 5.08. The lowest BCUT2D eigenvalue weighted by Crippen LogP contribution is -2.23. The van der Waals surface area contributed by atoms with Crippen LogP contribution >= 0.6 is 0 Å². The van der Waals surface area contributed by atoms with Crippen LogP contribution in [0.1, 0.15) is 5.56 Å². The Labute approximate surface area is 83.1 Å². The summed E-state index contributed by atoms with van der Waals surface area (Å²) in [6.07, 6.45) is 4.19. The summed E-state index contributed by atoms with van der Waals surface area (Å²) in [6, 6.07) is 3.97. The Hall–Kier alpha value is -0.970. The predicted octanol–water partition coefficient (Wildman–Crippen LogP) is 0.232. The van der Waals surface area contributed by atoms with Crippen molar-refractivity contribution in [2.45, 2.75) is 12.5 Å². The third-order valence-corrected chi connectivity index (χ3v) is 2.24. The second-order valence-electron chi connectivity index (χ2n) is 3.45. The number of pyridine rings is 1. The van der Waals surface area contributed by atoms with Gasteiger partial charge in [-0.25, -0.2) is 0 Å². The maximum absolute atomic E-state index is 9.22. The Morgan fingerprint density at radius 1 is 1.64 bits per heavy atom. The predicted molar refractivity (Wildman–Crippen MR) is 51.5 cm³/mol. The zero-order valence-electron chi connectivity index (χ0n) is 7.97. The molecule has 0 spiro atoms.